The Morgan fingerprint density at radius 2 is 2.12 bits per heavy atom. The van der Waals surface area contributed by atoms with Gasteiger partial charge in [-0.2, -0.15) is 11.8 Å². The number of benzene rings is 1. The number of aliphatic hydroxyl groups is 1. The van der Waals surface area contributed by atoms with Crippen LogP contribution in [0.2, 0.25) is 0 Å². The van der Waals surface area contributed by atoms with Gasteiger partial charge in [-0.15, -0.1) is 0 Å². The lowest BCUT2D eigenvalue weighted by Gasteiger charge is -2.39. The van der Waals surface area contributed by atoms with E-state index in [2.05, 4.69) is 0 Å². The Bertz CT molecular complexity index is 389. The molecule has 1 saturated heterocycles. The first-order valence-corrected chi connectivity index (χ1v) is 6.52. The number of halogens is 2. The molecule has 94 valence electrons. The van der Waals surface area contributed by atoms with Crippen molar-refractivity contribution in [3.63, 3.8) is 0 Å². The van der Waals surface area contributed by atoms with Crippen LogP contribution >= 0.6 is 11.8 Å². The normalized spacial score (nSPS) is 17.8. The first-order chi connectivity index (χ1) is 8.17. The van der Waals surface area contributed by atoms with E-state index in [4.69, 9.17) is 4.74 Å². The predicted octanol–water partition coefficient (Wildman–Crippen LogP) is 2.21. The summed E-state index contributed by atoms with van der Waals surface area (Å²) in [6.07, 6.45) is 0. The van der Waals surface area contributed by atoms with Crippen molar-refractivity contribution in [1.29, 1.82) is 0 Å². The van der Waals surface area contributed by atoms with Crippen LogP contribution in [-0.2, 0) is 10.5 Å². The Labute approximate surface area is 103 Å². The van der Waals surface area contributed by atoms with Crippen molar-refractivity contribution in [2.24, 2.45) is 5.41 Å². The Morgan fingerprint density at radius 1 is 1.35 bits per heavy atom. The molecular formula is C12H14F2O2S. The second kappa shape index (κ2) is 5.33. The van der Waals surface area contributed by atoms with Gasteiger partial charge in [-0.1, -0.05) is 12.1 Å². The van der Waals surface area contributed by atoms with Gasteiger partial charge in [0.25, 0.3) is 0 Å². The predicted molar refractivity (Wildman–Crippen MR) is 62.9 cm³/mol. The van der Waals surface area contributed by atoms with Gasteiger partial charge in [0.1, 0.15) is 0 Å². The molecule has 0 amide bonds. The van der Waals surface area contributed by atoms with E-state index >= 15 is 0 Å². The molecule has 1 aromatic carbocycles. The fourth-order valence-corrected chi connectivity index (χ4v) is 2.88. The van der Waals surface area contributed by atoms with Crippen molar-refractivity contribution in [2.45, 2.75) is 5.75 Å². The fraction of sp³-hybridized carbons (Fsp3) is 0.500. The Morgan fingerprint density at radius 3 is 2.71 bits per heavy atom. The second-order valence-corrected chi connectivity index (χ2v) is 5.34. The van der Waals surface area contributed by atoms with Crippen molar-refractivity contribution in [3.8, 4) is 0 Å². The van der Waals surface area contributed by atoms with E-state index in [9.17, 15) is 13.9 Å². The maximum atomic E-state index is 13.3. The molecule has 17 heavy (non-hydrogen) atoms. The highest BCUT2D eigenvalue weighted by atomic mass is 32.2. The summed E-state index contributed by atoms with van der Waals surface area (Å²) in [4.78, 5) is 0. The summed E-state index contributed by atoms with van der Waals surface area (Å²) >= 11 is 1.49. The third-order valence-electron chi connectivity index (χ3n) is 2.85. The largest absolute Gasteiger partial charge is 0.396 e. The summed E-state index contributed by atoms with van der Waals surface area (Å²) in [5.41, 5.74) is 0.178. The van der Waals surface area contributed by atoms with Gasteiger partial charge >= 0.3 is 0 Å². The number of ether oxygens (including phenoxy) is 1. The van der Waals surface area contributed by atoms with Crippen LogP contribution in [0.4, 0.5) is 8.78 Å². The highest BCUT2D eigenvalue weighted by Gasteiger charge is 2.37. The third-order valence-corrected chi connectivity index (χ3v) is 4.18. The smallest absolute Gasteiger partial charge is 0.162 e. The molecule has 0 aromatic heterocycles. The molecule has 1 fully saturated rings. The van der Waals surface area contributed by atoms with Gasteiger partial charge in [0.2, 0.25) is 0 Å². The number of rotatable bonds is 5. The molecule has 2 rings (SSSR count). The molecule has 2 nitrogen and oxygen atoms in total. The molecule has 5 heteroatoms. The quantitative estimate of drug-likeness (QED) is 0.880. The van der Waals surface area contributed by atoms with E-state index in [0.717, 1.165) is 6.07 Å². The Hall–Kier alpha value is -0.650. The van der Waals surface area contributed by atoms with Crippen LogP contribution in [0.15, 0.2) is 18.2 Å². The van der Waals surface area contributed by atoms with Gasteiger partial charge in [-0.3, -0.25) is 0 Å². The van der Waals surface area contributed by atoms with Crippen molar-refractivity contribution < 1.29 is 18.6 Å². The van der Waals surface area contributed by atoms with Crippen LogP contribution in [0.5, 0.6) is 0 Å². The lowest BCUT2D eigenvalue weighted by Crippen LogP contribution is -2.47. The monoisotopic (exact) mass is 260 g/mol. The van der Waals surface area contributed by atoms with Crippen molar-refractivity contribution in [3.05, 3.63) is 35.4 Å². The zero-order valence-electron chi connectivity index (χ0n) is 9.29. The van der Waals surface area contributed by atoms with Crippen LogP contribution in [0, 0.1) is 17.0 Å². The summed E-state index contributed by atoms with van der Waals surface area (Å²) in [6, 6.07) is 4.19. The highest BCUT2D eigenvalue weighted by Crippen LogP contribution is 2.32. The molecule has 1 heterocycles. The summed E-state index contributed by atoms with van der Waals surface area (Å²) < 4.78 is 31.3. The van der Waals surface area contributed by atoms with Crippen LogP contribution in [0.25, 0.3) is 0 Å². The van der Waals surface area contributed by atoms with Crippen LogP contribution < -0.4 is 0 Å². The average molecular weight is 260 g/mol. The lowest BCUT2D eigenvalue weighted by atomic mass is 9.90. The molecule has 0 unspecified atom stereocenters. The zero-order valence-corrected chi connectivity index (χ0v) is 10.1. The fourth-order valence-electron chi connectivity index (χ4n) is 1.65. The maximum absolute atomic E-state index is 13.3. The van der Waals surface area contributed by atoms with Crippen molar-refractivity contribution >= 4 is 11.8 Å². The molecule has 0 radical (unpaired) electrons. The van der Waals surface area contributed by atoms with E-state index in [-0.39, 0.29) is 12.0 Å². The molecule has 0 bridgehead atoms. The van der Waals surface area contributed by atoms with Gasteiger partial charge in [0.15, 0.2) is 11.6 Å². The minimum absolute atomic E-state index is 0.0750. The van der Waals surface area contributed by atoms with Gasteiger partial charge in [-0.05, 0) is 6.07 Å². The minimum atomic E-state index is -0.813. The second-order valence-electron chi connectivity index (χ2n) is 4.36. The molecule has 0 atom stereocenters. The van der Waals surface area contributed by atoms with Crippen molar-refractivity contribution in [2.75, 3.05) is 25.6 Å². The molecular weight excluding hydrogens is 246 g/mol. The van der Waals surface area contributed by atoms with E-state index in [1.165, 1.54) is 17.8 Å². The molecule has 1 aliphatic rings. The minimum Gasteiger partial charge on any atom is -0.396 e. The van der Waals surface area contributed by atoms with Crippen molar-refractivity contribution in [1.82, 2.24) is 0 Å². The summed E-state index contributed by atoms with van der Waals surface area (Å²) in [7, 11) is 0. The molecule has 1 N–H and O–H groups in total. The Balaban J connectivity index is 1.88. The average Bonchev–Trinajstić information content (AvgIpc) is 2.28. The number of hydrogen-bond acceptors (Lipinski definition) is 3. The summed E-state index contributed by atoms with van der Waals surface area (Å²) in [5, 5.41) is 9.21. The number of hydrogen-bond donors (Lipinski definition) is 1. The SMILES string of the molecule is OCC1(CSCc2cccc(F)c2F)COC1. The van der Waals surface area contributed by atoms with E-state index in [1.54, 1.807) is 6.07 Å². The maximum Gasteiger partial charge on any atom is 0.162 e. The zero-order chi connectivity index (χ0) is 12.3. The van der Waals surface area contributed by atoms with Gasteiger partial charge in [-0.25, -0.2) is 8.78 Å². The number of thioether (sulfide) groups is 1. The standard InChI is InChI=1S/C12H14F2O2S/c13-10-3-1-2-9(11(10)14)4-17-8-12(5-15)6-16-7-12/h1-3,15H,4-8H2. The number of aliphatic hydroxyl groups excluding tert-OH is 1. The summed E-state index contributed by atoms with van der Waals surface area (Å²) in [6.45, 7) is 1.16. The van der Waals surface area contributed by atoms with Gasteiger partial charge in [0.05, 0.1) is 19.8 Å². The molecule has 0 aliphatic carbocycles. The molecule has 0 spiro atoms. The van der Waals surface area contributed by atoms with Gasteiger partial charge < -0.3 is 9.84 Å². The molecule has 1 aromatic rings. The third kappa shape index (κ3) is 2.78. The van der Waals surface area contributed by atoms with E-state index in [0.29, 0.717) is 30.3 Å². The van der Waals surface area contributed by atoms with Crippen LogP contribution in [0.3, 0.4) is 0 Å². The summed E-state index contributed by atoms with van der Waals surface area (Å²) in [5.74, 6) is -0.486. The topological polar surface area (TPSA) is 29.5 Å². The van der Waals surface area contributed by atoms with Gasteiger partial charge in [0, 0.05) is 22.5 Å². The highest BCUT2D eigenvalue weighted by molar-refractivity contribution is 7.98. The molecule has 1 aliphatic heterocycles. The first-order valence-electron chi connectivity index (χ1n) is 5.36. The first kappa shape index (κ1) is 12.8. The van der Waals surface area contributed by atoms with Crippen LogP contribution in [-0.4, -0.2) is 30.7 Å². The Kier molecular flexibility index (Phi) is 4.01. The van der Waals surface area contributed by atoms with E-state index in [1.807, 2.05) is 0 Å². The molecule has 0 saturated carbocycles. The van der Waals surface area contributed by atoms with E-state index < -0.39 is 11.6 Å². The lowest BCUT2D eigenvalue weighted by molar-refractivity contribution is -0.121. The van der Waals surface area contributed by atoms with Crippen LogP contribution in [0.1, 0.15) is 5.56 Å².